The number of carbonyl (C=O) groups is 2. The van der Waals surface area contributed by atoms with Crippen LogP contribution in [-0.2, 0) is 19.1 Å². The summed E-state index contributed by atoms with van der Waals surface area (Å²) in [6.45, 7) is 4.02. The Balaban J connectivity index is 3.63. The van der Waals surface area contributed by atoms with Gasteiger partial charge >= 0.3 is 11.9 Å². The molecule has 0 unspecified atom stereocenters. The van der Waals surface area contributed by atoms with Gasteiger partial charge in [0.1, 0.15) is 19.3 Å². The fourth-order valence-corrected chi connectivity index (χ4v) is 5.77. The highest BCUT2D eigenvalue weighted by molar-refractivity contribution is 5.69. The molecule has 51 heavy (non-hydrogen) atoms. The topological polar surface area (TPSA) is 113 Å². The Hall–Kier alpha value is -2.22. The molecule has 0 radical (unpaired) electrons. The molecule has 0 aromatic rings. The van der Waals surface area contributed by atoms with E-state index in [0.717, 1.165) is 51.4 Å². The van der Waals surface area contributed by atoms with Gasteiger partial charge in [-0.1, -0.05) is 191 Å². The number of ether oxygens (including phenoxy) is 2. The molecule has 0 fully saturated rings. The van der Waals surface area contributed by atoms with Gasteiger partial charge in [0.25, 0.3) is 0 Å². The van der Waals surface area contributed by atoms with E-state index in [-0.39, 0.29) is 31.7 Å². The summed E-state index contributed by atoms with van der Waals surface area (Å²) < 4.78 is 10.2. The average Bonchev–Trinajstić information content (AvgIpc) is 3.12. The summed E-state index contributed by atoms with van der Waals surface area (Å²) in [6.07, 6.45) is 42.4. The molecule has 0 aliphatic carbocycles. The molecular formula is C44H78O7. The van der Waals surface area contributed by atoms with Crippen LogP contribution < -0.4 is 0 Å². The Kier molecular flexibility index (Phi) is 37.3. The van der Waals surface area contributed by atoms with E-state index in [2.05, 4.69) is 13.8 Å². The summed E-state index contributed by atoms with van der Waals surface area (Å²) in [5.41, 5.74) is 0. The minimum atomic E-state index is -1.05. The first kappa shape index (κ1) is 48.8. The van der Waals surface area contributed by atoms with Crippen LogP contribution in [0.1, 0.15) is 187 Å². The molecule has 0 spiro atoms. The quantitative estimate of drug-likeness (QED) is 0.0333. The Morgan fingerprint density at radius 1 is 0.471 bits per heavy atom. The van der Waals surface area contributed by atoms with Gasteiger partial charge in [0, 0.05) is 12.8 Å². The minimum Gasteiger partial charge on any atom is -0.463 e. The molecule has 7 heteroatoms. The average molecular weight is 719 g/mol. The molecule has 0 heterocycles. The maximum absolute atomic E-state index is 12.0. The van der Waals surface area contributed by atoms with Crippen molar-refractivity contribution in [3.05, 3.63) is 48.6 Å². The lowest BCUT2D eigenvalue weighted by Gasteiger charge is -2.12. The summed E-state index contributed by atoms with van der Waals surface area (Å²) in [7, 11) is 0. The Morgan fingerprint density at radius 2 is 0.824 bits per heavy atom. The predicted octanol–water partition coefficient (Wildman–Crippen LogP) is 11.0. The lowest BCUT2D eigenvalue weighted by molar-refractivity contribution is -0.152. The number of hydrogen-bond acceptors (Lipinski definition) is 7. The monoisotopic (exact) mass is 719 g/mol. The molecule has 296 valence electrons. The van der Waals surface area contributed by atoms with Crippen molar-refractivity contribution < 1.29 is 34.4 Å². The fourth-order valence-electron chi connectivity index (χ4n) is 5.77. The third-order valence-corrected chi connectivity index (χ3v) is 9.03. The van der Waals surface area contributed by atoms with Crippen molar-refractivity contribution >= 4 is 11.9 Å². The van der Waals surface area contributed by atoms with Gasteiger partial charge in [-0.25, -0.2) is 0 Å². The van der Waals surface area contributed by atoms with Gasteiger partial charge in [-0.15, -0.1) is 0 Å². The van der Waals surface area contributed by atoms with E-state index in [1.165, 1.54) is 96.3 Å². The van der Waals surface area contributed by atoms with Crippen LogP contribution in [0.25, 0.3) is 0 Å². The molecule has 3 N–H and O–H groups in total. The van der Waals surface area contributed by atoms with Crippen LogP contribution >= 0.6 is 0 Å². The summed E-state index contributed by atoms with van der Waals surface area (Å²) in [5, 5.41) is 30.0. The van der Waals surface area contributed by atoms with Gasteiger partial charge in [-0.05, 0) is 32.1 Å². The van der Waals surface area contributed by atoms with Gasteiger partial charge in [0.2, 0.25) is 0 Å². The van der Waals surface area contributed by atoms with Crippen LogP contribution in [0.4, 0.5) is 0 Å². The van der Waals surface area contributed by atoms with E-state index < -0.39 is 18.2 Å². The molecule has 0 amide bonds. The third-order valence-electron chi connectivity index (χ3n) is 9.03. The van der Waals surface area contributed by atoms with Crippen LogP contribution in [0.5, 0.6) is 0 Å². The molecular weight excluding hydrogens is 640 g/mol. The number of rotatable bonds is 37. The maximum Gasteiger partial charge on any atom is 0.305 e. The normalized spacial score (nSPS) is 13.9. The first-order valence-corrected chi connectivity index (χ1v) is 20.9. The summed E-state index contributed by atoms with van der Waals surface area (Å²) >= 11 is 0. The van der Waals surface area contributed by atoms with Crippen molar-refractivity contribution in [3.8, 4) is 0 Å². The van der Waals surface area contributed by atoms with E-state index in [0.29, 0.717) is 19.3 Å². The molecule has 0 rings (SSSR count). The summed E-state index contributed by atoms with van der Waals surface area (Å²) in [4.78, 5) is 24.0. The highest BCUT2D eigenvalue weighted by Crippen LogP contribution is 2.15. The van der Waals surface area contributed by atoms with Crippen molar-refractivity contribution in [3.63, 3.8) is 0 Å². The van der Waals surface area contributed by atoms with Crippen molar-refractivity contribution in [2.45, 2.75) is 206 Å². The number of unbranched alkanes of at least 4 members (excludes halogenated alkanes) is 19. The van der Waals surface area contributed by atoms with E-state index in [9.17, 15) is 24.9 Å². The van der Waals surface area contributed by atoms with E-state index in [1.807, 2.05) is 36.5 Å². The smallest absolute Gasteiger partial charge is 0.305 e. The zero-order chi connectivity index (χ0) is 37.5. The molecule has 0 aromatic carbocycles. The van der Waals surface area contributed by atoms with Gasteiger partial charge in [0.15, 0.2) is 0 Å². The predicted molar refractivity (Wildman–Crippen MR) is 213 cm³/mol. The van der Waals surface area contributed by atoms with Crippen LogP contribution in [0.15, 0.2) is 48.6 Å². The second-order valence-corrected chi connectivity index (χ2v) is 14.2. The van der Waals surface area contributed by atoms with Crippen molar-refractivity contribution in [2.75, 3.05) is 13.2 Å². The Morgan fingerprint density at radius 3 is 1.25 bits per heavy atom. The van der Waals surface area contributed by atoms with Gasteiger partial charge in [-0.2, -0.15) is 0 Å². The number of hydrogen-bond donors (Lipinski definition) is 3. The Bertz CT molecular complexity index is 894. The maximum atomic E-state index is 12.0. The Labute approximate surface area is 313 Å². The lowest BCUT2D eigenvalue weighted by Crippen LogP contribution is -2.25. The fraction of sp³-hybridized carbons (Fsp3) is 0.773. The van der Waals surface area contributed by atoms with Gasteiger partial charge in [0.05, 0.1) is 12.2 Å². The summed E-state index contributed by atoms with van der Waals surface area (Å²) in [5.74, 6) is -0.781. The van der Waals surface area contributed by atoms with Crippen LogP contribution in [0, 0.1) is 0 Å². The molecule has 0 aliphatic heterocycles. The van der Waals surface area contributed by atoms with Crippen molar-refractivity contribution in [1.82, 2.24) is 0 Å². The standard InChI is InChI=1S/C44H78O7/c1-3-5-7-8-9-10-11-12-13-14-15-16-17-18-19-23-26-30-36-43(48)50-38-42(47)39-51-44(49)37-31-35-41(46)34-29-25-22-20-21-24-28-33-40(45)32-27-6-4-2/h21-22,24-25,28-29,33-34,40-42,45-47H,3-20,23,26-27,30-32,35-39H2,1-2H3/b24-21-,25-22-,33-28+,34-29+/t40-,41-,42+/m0/s1. The molecule has 0 saturated heterocycles. The SMILES string of the molecule is CCCCCCCCCCCCCCCCCCCCC(=O)OC[C@@H](O)COC(=O)CCC[C@@H](O)/C=C/C=C\C/C=C\C=C\[C@@H](O)CCCCC. The van der Waals surface area contributed by atoms with E-state index in [4.69, 9.17) is 9.47 Å². The van der Waals surface area contributed by atoms with Gasteiger partial charge < -0.3 is 24.8 Å². The minimum absolute atomic E-state index is 0.137. The summed E-state index contributed by atoms with van der Waals surface area (Å²) in [6, 6.07) is 0. The van der Waals surface area contributed by atoms with Crippen molar-refractivity contribution in [2.24, 2.45) is 0 Å². The highest BCUT2D eigenvalue weighted by Gasteiger charge is 2.12. The number of esters is 2. The molecule has 0 bridgehead atoms. The molecule has 7 nitrogen and oxygen atoms in total. The third kappa shape index (κ3) is 38.8. The van der Waals surface area contributed by atoms with E-state index in [1.54, 1.807) is 12.2 Å². The number of aliphatic hydroxyl groups excluding tert-OH is 3. The molecule has 0 aliphatic rings. The first-order chi connectivity index (χ1) is 24.9. The first-order valence-electron chi connectivity index (χ1n) is 20.9. The zero-order valence-electron chi connectivity index (χ0n) is 32.8. The number of allylic oxidation sites excluding steroid dienone is 6. The second kappa shape index (κ2) is 39.0. The largest absolute Gasteiger partial charge is 0.463 e. The molecule has 3 atom stereocenters. The second-order valence-electron chi connectivity index (χ2n) is 14.2. The number of aliphatic hydroxyl groups is 3. The van der Waals surface area contributed by atoms with Crippen LogP contribution in [-0.4, -0.2) is 58.8 Å². The molecule has 0 saturated carbocycles. The molecule has 0 aromatic heterocycles. The van der Waals surface area contributed by atoms with Crippen molar-refractivity contribution in [1.29, 1.82) is 0 Å². The van der Waals surface area contributed by atoms with Crippen LogP contribution in [0.2, 0.25) is 0 Å². The number of carbonyl (C=O) groups excluding carboxylic acids is 2. The highest BCUT2D eigenvalue weighted by atomic mass is 16.6. The lowest BCUT2D eigenvalue weighted by atomic mass is 10.0. The van der Waals surface area contributed by atoms with Gasteiger partial charge in [-0.3, -0.25) is 9.59 Å². The zero-order valence-corrected chi connectivity index (χ0v) is 32.8. The van der Waals surface area contributed by atoms with E-state index >= 15 is 0 Å². The van der Waals surface area contributed by atoms with Crippen LogP contribution in [0.3, 0.4) is 0 Å².